The van der Waals surface area contributed by atoms with Gasteiger partial charge < -0.3 is 9.84 Å². The van der Waals surface area contributed by atoms with Crippen molar-refractivity contribution in [1.82, 2.24) is 9.78 Å². The lowest BCUT2D eigenvalue weighted by Crippen LogP contribution is -2.11. The van der Waals surface area contributed by atoms with Crippen molar-refractivity contribution in [2.24, 2.45) is 0 Å². The van der Waals surface area contributed by atoms with Gasteiger partial charge in [-0.15, -0.1) is 0 Å². The minimum Gasteiger partial charge on any atom is -0.504 e. The normalized spacial score (nSPS) is 10.3. The molecule has 1 heterocycles. The molecule has 0 saturated carbocycles. The molecule has 1 aromatic carbocycles. The summed E-state index contributed by atoms with van der Waals surface area (Å²) in [6.07, 6.45) is 2.98. The number of phenols is 1. The SMILES string of the molecule is COC(=O)Cn1cc(-c2cccc(F)c2O)cn1. The minimum absolute atomic E-state index is 0.0351. The van der Waals surface area contributed by atoms with Gasteiger partial charge in [-0.05, 0) is 6.07 Å². The Morgan fingerprint density at radius 1 is 1.56 bits per heavy atom. The monoisotopic (exact) mass is 250 g/mol. The molecular formula is C12H11FN2O3. The first-order valence-corrected chi connectivity index (χ1v) is 5.19. The number of ether oxygens (including phenoxy) is 1. The zero-order valence-corrected chi connectivity index (χ0v) is 9.63. The van der Waals surface area contributed by atoms with Crippen LogP contribution in [0.2, 0.25) is 0 Å². The van der Waals surface area contributed by atoms with Crippen LogP contribution in [0.25, 0.3) is 11.1 Å². The maximum Gasteiger partial charge on any atom is 0.327 e. The molecule has 1 aromatic heterocycles. The highest BCUT2D eigenvalue weighted by Gasteiger charge is 2.11. The third-order valence-corrected chi connectivity index (χ3v) is 2.45. The van der Waals surface area contributed by atoms with Crippen LogP contribution in [0.5, 0.6) is 5.75 Å². The number of methoxy groups -OCH3 is 1. The lowest BCUT2D eigenvalue weighted by atomic mass is 10.1. The molecule has 18 heavy (non-hydrogen) atoms. The van der Waals surface area contributed by atoms with Gasteiger partial charge in [0.05, 0.1) is 13.3 Å². The number of halogens is 1. The molecule has 0 aliphatic heterocycles. The summed E-state index contributed by atoms with van der Waals surface area (Å²) in [6.45, 7) is -0.0351. The van der Waals surface area contributed by atoms with Gasteiger partial charge in [0.1, 0.15) is 6.54 Å². The second-order valence-corrected chi connectivity index (χ2v) is 3.64. The van der Waals surface area contributed by atoms with E-state index >= 15 is 0 Å². The van der Waals surface area contributed by atoms with Crippen molar-refractivity contribution in [2.45, 2.75) is 6.54 Å². The summed E-state index contributed by atoms with van der Waals surface area (Å²) in [4.78, 5) is 11.1. The fraction of sp³-hybridized carbons (Fsp3) is 0.167. The summed E-state index contributed by atoms with van der Waals surface area (Å²) in [5, 5.41) is 13.5. The fourth-order valence-electron chi connectivity index (χ4n) is 1.53. The van der Waals surface area contributed by atoms with Crippen molar-refractivity contribution >= 4 is 5.97 Å². The molecule has 0 spiro atoms. The summed E-state index contributed by atoms with van der Waals surface area (Å²) in [7, 11) is 1.28. The second kappa shape index (κ2) is 4.87. The first-order valence-electron chi connectivity index (χ1n) is 5.19. The molecule has 0 atom stereocenters. The molecule has 5 nitrogen and oxygen atoms in total. The van der Waals surface area contributed by atoms with Crippen LogP contribution in [0, 0.1) is 5.82 Å². The Morgan fingerprint density at radius 3 is 3.06 bits per heavy atom. The number of aromatic hydroxyl groups is 1. The van der Waals surface area contributed by atoms with Crippen LogP contribution < -0.4 is 0 Å². The molecule has 2 rings (SSSR count). The van der Waals surface area contributed by atoms with Gasteiger partial charge >= 0.3 is 5.97 Å². The van der Waals surface area contributed by atoms with Gasteiger partial charge in [-0.2, -0.15) is 5.10 Å². The van der Waals surface area contributed by atoms with E-state index in [0.717, 1.165) is 6.07 Å². The summed E-state index contributed by atoms with van der Waals surface area (Å²) in [5.41, 5.74) is 0.849. The van der Waals surface area contributed by atoms with Crippen LogP contribution in [0.3, 0.4) is 0 Å². The van der Waals surface area contributed by atoms with Crippen LogP contribution >= 0.6 is 0 Å². The molecule has 0 fully saturated rings. The van der Waals surface area contributed by atoms with E-state index in [1.165, 1.54) is 30.3 Å². The second-order valence-electron chi connectivity index (χ2n) is 3.64. The number of carbonyl (C=O) groups excluding carboxylic acids is 1. The Labute approximate surface area is 102 Å². The largest absolute Gasteiger partial charge is 0.504 e. The van der Waals surface area contributed by atoms with Crippen LogP contribution in [0.15, 0.2) is 30.6 Å². The number of nitrogens with zero attached hydrogens (tertiary/aromatic N) is 2. The predicted octanol–water partition coefficient (Wildman–Crippen LogP) is 1.57. The topological polar surface area (TPSA) is 64.3 Å². The highest BCUT2D eigenvalue weighted by atomic mass is 19.1. The number of hydrogen-bond acceptors (Lipinski definition) is 4. The van der Waals surface area contributed by atoms with E-state index in [0.29, 0.717) is 11.1 Å². The van der Waals surface area contributed by atoms with Crippen molar-refractivity contribution < 1.29 is 19.0 Å². The summed E-state index contributed by atoms with van der Waals surface area (Å²) < 4.78 is 19.0. The van der Waals surface area contributed by atoms with E-state index < -0.39 is 17.5 Å². The van der Waals surface area contributed by atoms with Gasteiger partial charge in [0.15, 0.2) is 11.6 Å². The Morgan fingerprint density at radius 2 is 2.33 bits per heavy atom. The van der Waals surface area contributed by atoms with E-state index in [2.05, 4.69) is 9.84 Å². The Balaban J connectivity index is 2.29. The number of phenolic OH excluding ortho intramolecular Hbond substituents is 1. The lowest BCUT2D eigenvalue weighted by Gasteiger charge is -2.02. The third-order valence-electron chi connectivity index (χ3n) is 2.45. The van der Waals surface area contributed by atoms with Crippen LogP contribution in [-0.4, -0.2) is 28.0 Å². The summed E-state index contributed by atoms with van der Waals surface area (Å²) in [5.74, 6) is -1.57. The third kappa shape index (κ3) is 2.32. The minimum atomic E-state index is -0.701. The molecule has 0 aliphatic rings. The average molecular weight is 250 g/mol. The Hall–Kier alpha value is -2.37. The molecular weight excluding hydrogens is 239 g/mol. The summed E-state index contributed by atoms with van der Waals surface area (Å²) in [6, 6.07) is 4.22. The van der Waals surface area contributed by atoms with E-state index in [4.69, 9.17) is 0 Å². The van der Waals surface area contributed by atoms with Crippen LogP contribution in [0.1, 0.15) is 0 Å². The highest BCUT2D eigenvalue weighted by Crippen LogP contribution is 2.30. The molecule has 1 N–H and O–H groups in total. The van der Waals surface area contributed by atoms with E-state index in [9.17, 15) is 14.3 Å². The van der Waals surface area contributed by atoms with Crippen molar-refractivity contribution in [2.75, 3.05) is 7.11 Å². The standard InChI is InChI=1S/C12H11FN2O3/c1-18-11(16)7-15-6-8(5-14-15)9-3-2-4-10(13)12(9)17/h2-6,17H,7H2,1H3. The zero-order valence-electron chi connectivity index (χ0n) is 9.63. The van der Waals surface area contributed by atoms with Gasteiger partial charge in [-0.25, -0.2) is 4.39 Å². The Bertz CT molecular complexity index is 580. The molecule has 94 valence electrons. The number of para-hydroxylation sites is 1. The zero-order chi connectivity index (χ0) is 13.1. The number of rotatable bonds is 3. The van der Waals surface area contributed by atoms with Crippen molar-refractivity contribution in [1.29, 1.82) is 0 Å². The fourth-order valence-corrected chi connectivity index (χ4v) is 1.53. The Kier molecular flexibility index (Phi) is 3.27. The maximum atomic E-state index is 13.2. The summed E-state index contributed by atoms with van der Waals surface area (Å²) >= 11 is 0. The molecule has 0 bridgehead atoms. The highest BCUT2D eigenvalue weighted by molar-refractivity contribution is 5.71. The average Bonchev–Trinajstić information content (AvgIpc) is 2.80. The number of esters is 1. The van der Waals surface area contributed by atoms with Gasteiger partial charge in [-0.1, -0.05) is 12.1 Å². The van der Waals surface area contributed by atoms with Crippen LogP contribution in [-0.2, 0) is 16.1 Å². The first-order chi connectivity index (χ1) is 8.61. The first kappa shape index (κ1) is 12.1. The van der Waals surface area contributed by atoms with Gasteiger partial charge in [0.2, 0.25) is 0 Å². The van der Waals surface area contributed by atoms with Gasteiger partial charge in [0.25, 0.3) is 0 Å². The number of hydrogen-bond donors (Lipinski definition) is 1. The van der Waals surface area contributed by atoms with E-state index in [1.54, 1.807) is 6.07 Å². The lowest BCUT2D eigenvalue weighted by molar-refractivity contribution is -0.141. The molecule has 0 saturated heterocycles. The van der Waals surface area contributed by atoms with Crippen molar-refractivity contribution in [3.05, 3.63) is 36.4 Å². The van der Waals surface area contributed by atoms with E-state index in [1.807, 2.05) is 0 Å². The maximum absolute atomic E-state index is 13.2. The predicted molar refractivity (Wildman–Crippen MR) is 61.3 cm³/mol. The smallest absolute Gasteiger partial charge is 0.327 e. The number of aromatic nitrogens is 2. The quantitative estimate of drug-likeness (QED) is 0.840. The number of carbonyl (C=O) groups is 1. The number of benzene rings is 1. The molecule has 0 aliphatic carbocycles. The molecule has 0 radical (unpaired) electrons. The molecule has 0 amide bonds. The van der Waals surface area contributed by atoms with Gasteiger partial charge in [0, 0.05) is 17.3 Å². The molecule has 6 heteroatoms. The van der Waals surface area contributed by atoms with E-state index in [-0.39, 0.29) is 6.54 Å². The van der Waals surface area contributed by atoms with Crippen molar-refractivity contribution in [3.63, 3.8) is 0 Å². The van der Waals surface area contributed by atoms with Crippen molar-refractivity contribution in [3.8, 4) is 16.9 Å². The molecule has 2 aromatic rings. The van der Waals surface area contributed by atoms with Crippen LogP contribution in [0.4, 0.5) is 4.39 Å². The molecule has 0 unspecified atom stereocenters. The van der Waals surface area contributed by atoms with Gasteiger partial charge in [-0.3, -0.25) is 9.48 Å².